The second kappa shape index (κ2) is 7.31. The predicted molar refractivity (Wildman–Crippen MR) is 88.4 cm³/mol. The van der Waals surface area contributed by atoms with Crippen LogP contribution in [0.15, 0.2) is 24.4 Å². The maximum atomic E-state index is 5.45. The summed E-state index contributed by atoms with van der Waals surface area (Å²) in [7, 11) is 5.26. The number of nitrogens with one attached hydrogen (secondary N) is 2. The number of imidazole rings is 1. The number of rotatable bonds is 7. The van der Waals surface area contributed by atoms with Gasteiger partial charge in [-0.2, -0.15) is 0 Å². The van der Waals surface area contributed by atoms with Gasteiger partial charge in [-0.1, -0.05) is 13.8 Å². The Morgan fingerprint density at radius 3 is 2.59 bits per heavy atom. The van der Waals surface area contributed by atoms with Crippen LogP contribution in [-0.2, 0) is 0 Å². The van der Waals surface area contributed by atoms with Crippen LogP contribution >= 0.6 is 0 Å². The standard InChI is InChI=1S/C17H25N3O2/c1-11(2)8-14(18-3)17-19-10-15(20-17)13-7-6-12(21-4)9-16(13)22-5/h6-7,9-11,14,18H,8H2,1-5H3,(H,19,20). The molecule has 2 aromatic rings. The molecular formula is C17H25N3O2. The zero-order valence-electron chi connectivity index (χ0n) is 13.9. The molecule has 0 saturated carbocycles. The van der Waals surface area contributed by atoms with Crippen molar-refractivity contribution in [3.05, 3.63) is 30.2 Å². The lowest BCUT2D eigenvalue weighted by Gasteiger charge is -2.15. The number of benzene rings is 1. The van der Waals surface area contributed by atoms with E-state index in [-0.39, 0.29) is 6.04 Å². The van der Waals surface area contributed by atoms with E-state index in [2.05, 4.69) is 24.1 Å². The van der Waals surface area contributed by atoms with Crippen LogP contribution in [0.2, 0.25) is 0 Å². The Kier molecular flexibility index (Phi) is 5.44. The van der Waals surface area contributed by atoms with E-state index in [1.54, 1.807) is 14.2 Å². The molecule has 1 aromatic heterocycles. The third-order valence-corrected chi connectivity index (χ3v) is 3.67. The molecule has 0 amide bonds. The maximum absolute atomic E-state index is 5.45. The van der Waals surface area contributed by atoms with E-state index in [0.717, 1.165) is 35.0 Å². The smallest absolute Gasteiger partial charge is 0.132 e. The number of nitrogens with zero attached hydrogens (tertiary/aromatic N) is 1. The van der Waals surface area contributed by atoms with E-state index in [9.17, 15) is 0 Å². The Bertz CT molecular complexity index is 608. The summed E-state index contributed by atoms with van der Waals surface area (Å²) in [5.41, 5.74) is 1.82. The Labute approximate surface area is 132 Å². The highest BCUT2D eigenvalue weighted by Crippen LogP contribution is 2.33. The molecule has 1 heterocycles. The molecule has 2 rings (SSSR count). The zero-order chi connectivity index (χ0) is 16.1. The highest BCUT2D eigenvalue weighted by Gasteiger charge is 2.17. The van der Waals surface area contributed by atoms with Gasteiger partial charge in [-0.3, -0.25) is 0 Å². The molecule has 5 nitrogen and oxygen atoms in total. The van der Waals surface area contributed by atoms with Crippen LogP contribution in [0.4, 0.5) is 0 Å². The van der Waals surface area contributed by atoms with Gasteiger partial charge in [-0.15, -0.1) is 0 Å². The van der Waals surface area contributed by atoms with E-state index in [1.807, 2.05) is 31.4 Å². The number of aromatic nitrogens is 2. The fourth-order valence-electron chi connectivity index (χ4n) is 2.50. The van der Waals surface area contributed by atoms with Gasteiger partial charge < -0.3 is 19.8 Å². The molecule has 0 aliphatic carbocycles. The Hall–Kier alpha value is -2.01. The molecule has 1 atom stereocenters. The Morgan fingerprint density at radius 1 is 1.23 bits per heavy atom. The number of H-pyrrole nitrogens is 1. The molecule has 0 fully saturated rings. The largest absolute Gasteiger partial charge is 0.497 e. The quantitative estimate of drug-likeness (QED) is 0.823. The summed E-state index contributed by atoms with van der Waals surface area (Å²) in [5.74, 6) is 3.07. The minimum atomic E-state index is 0.220. The van der Waals surface area contributed by atoms with Gasteiger partial charge in [0.05, 0.1) is 26.0 Å². The topological polar surface area (TPSA) is 59.2 Å². The van der Waals surface area contributed by atoms with Crippen molar-refractivity contribution in [3.63, 3.8) is 0 Å². The second-order valence-corrected chi connectivity index (χ2v) is 5.71. The van der Waals surface area contributed by atoms with Crippen molar-refractivity contribution in [3.8, 4) is 22.8 Å². The highest BCUT2D eigenvalue weighted by molar-refractivity contribution is 5.68. The van der Waals surface area contributed by atoms with Gasteiger partial charge in [0, 0.05) is 17.8 Å². The average Bonchev–Trinajstić information content (AvgIpc) is 3.01. The third kappa shape index (κ3) is 3.60. The van der Waals surface area contributed by atoms with Crippen molar-refractivity contribution >= 4 is 0 Å². The van der Waals surface area contributed by atoms with Crippen LogP contribution in [0, 0.1) is 5.92 Å². The van der Waals surface area contributed by atoms with Gasteiger partial charge in [0.1, 0.15) is 17.3 Å². The minimum Gasteiger partial charge on any atom is -0.497 e. The SMILES string of the molecule is CNC(CC(C)C)c1nc(-c2ccc(OC)cc2OC)c[nH]1. The monoisotopic (exact) mass is 303 g/mol. The lowest BCUT2D eigenvalue weighted by Crippen LogP contribution is -2.19. The molecule has 120 valence electrons. The summed E-state index contributed by atoms with van der Waals surface area (Å²) in [4.78, 5) is 8.01. The summed E-state index contributed by atoms with van der Waals surface area (Å²) in [5, 5.41) is 3.32. The number of aromatic amines is 1. The summed E-state index contributed by atoms with van der Waals surface area (Å²) >= 11 is 0. The molecule has 5 heteroatoms. The van der Waals surface area contributed by atoms with E-state index in [0.29, 0.717) is 5.92 Å². The third-order valence-electron chi connectivity index (χ3n) is 3.67. The van der Waals surface area contributed by atoms with Gasteiger partial charge in [-0.25, -0.2) is 4.98 Å². The van der Waals surface area contributed by atoms with E-state index >= 15 is 0 Å². The fraction of sp³-hybridized carbons (Fsp3) is 0.471. The van der Waals surface area contributed by atoms with Crippen LogP contribution in [-0.4, -0.2) is 31.2 Å². The predicted octanol–water partition coefficient (Wildman–Crippen LogP) is 3.40. The lowest BCUT2D eigenvalue weighted by molar-refractivity contribution is 0.395. The van der Waals surface area contributed by atoms with Crippen molar-refractivity contribution in [2.75, 3.05) is 21.3 Å². The summed E-state index contributed by atoms with van der Waals surface area (Å²) in [6, 6.07) is 5.97. The zero-order valence-corrected chi connectivity index (χ0v) is 13.9. The molecule has 0 saturated heterocycles. The molecule has 22 heavy (non-hydrogen) atoms. The lowest BCUT2D eigenvalue weighted by atomic mass is 10.0. The molecule has 0 aliphatic rings. The molecule has 0 spiro atoms. The maximum Gasteiger partial charge on any atom is 0.132 e. The van der Waals surface area contributed by atoms with Gasteiger partial charge >= 0.3 is 0 Å². The van der Waals surface area contributed by atoms with Crippen LogP contribution in [0.5, 0.6) is 11.5 Å². The summed E-state index contributed by atoms with van der Waals surface area (Å²) < 4.78 is 10.7. The van der Waals surface area contributed by atoms with Gasteiger partial charge in [-0.05, 0) is 31.5 Å². The Morgan fingerprint density at radius 2 is 2.00 bits per heavy atom. The molecule has 1 aromatic carbocycles. The normalized spacial score (nSPS) is 12.5. The first-order valence-corrected chi connectivity index (χ1v) is 7.54. The molecule has 2 N–H and O–H groups in total. The Balaban J connectivity index is 2.31. The van der Waals surface area contributed by atoms with Crippen molar-refractivity contribution in [2.24, 2.45) is 5.92 Å². The van der Waals surface area contributed by atoms with Gasteiger partial charge in [0.2, 0.25) is 0 Å². The molecule has 0 bridgehead atoms. The van der Waals surface area contributed by atoms with E-state index in [1.165, 1.54) is 0 Å². The van der Waals surface area contributed by atoms with Crippen molar-refractivity contribution in [2.45, 2.75) is 26.3 Å². The molecule has 1 unspecified atom stereocenters. The van der Waals surface area contributed by atoms with Crippen molar-refractivity contribution in [1.29, 1.82) is 0 Å². The molecule has 0 aliphatic heterocycles. The summed E-state index contributed by atoms with van der Waals surface area (Å²) in [6.45, 7) is 4.42. The second-order valence-electron chi connectivity index (χ2n) is 5.71. The van der Waals surface area contributed by atoms with Gasteiger partial charge in [0.15, 0.2) is 0 Å². The highest BCUT2D eigenvalue weighted by atomic mass is 16.5. The molecular weight excluding hydrogens is 278 g/mol. The summed E-state index contributed by atoms with van der Waals surface area (Å²) in [6.07, 6.45) is 2.95. The van der Waals surface area contributed by atoms with Crippen LogP contribution in [0.25, 0.3) is 11.3 Å². The minimum absolute atomic E-state index is 0.220. The first-order valence-electron chi connectivity index (χ1n) is 7.54. The van der Waals surface area contributed by atoms with Gasteiger partial charge in [0.25, 0.3) is 0 Å². The molecule has 0 radical (unpaired) electrons. The number of hydrogen-bond acceptors (Lipinski definition) is 4. The van der Waals surface area contributed by atoms with Crippen molar-refractivity contribution < 1.29 is 9.47 Å². The van der Waals surface area contributed by atoms with Crippen LogP contribution < -0.4 is 14.8 Å². The number of ether oxygens (including phenoxy) is 2. The van der Waals surface area contributed by atoms with Crippen LogP contribution in [0.3, 0.4) is 0 Å². The first-order chi connectivity index (χ1) is 10.6. The first kappa shape index (κ1) is 16.4. The average molecular weight is 303 g/mol. The number of hydrogen-bond donors (Lipinski definition) is 2. The van der Waals surface area contributed by atoms with Crippen LogP contribution in [0.1, 0.15) is 32.1 Å². The number of methoxy groups -OCH3 is 2. The van der Waals surface area contributed by atoms with E-state index < -0.39 is 0 Å². The van der Waals surface area contributed by atoms with E-state index in [4.69, 9.17) is 14.5 Å². The van der Waals surface area contributed by atoms with Crippen molar-refractivity contribution in [1.82, 2.24) is 15.3 Å². The fourth-order valence-corrected chi connectivity index (χ4v) is 2.50.